The van der Waals surface area contributed by atoms with Crippen molar-refractivity contribution in [1.29, 1.82) is 0 Å². The number of aromatic nitrogens is 1. The van der Waals surface area contributed by atoms with E-state index in [2.05, 4.69) is 4.98 Å². The van der Waals surface area contributed by atoms with Crippen LogP contribution in [0.4, 0.5) is 6.01 Å². The Balaban J connectivity index is 2.05. The molecular formula is C13H18N2O5. The molecule has 1 aliphatic heterocycles. The topological polar surface area (TPSA) is 92.9 Å². The quantitative estimate of drug-likeness (QED) is 0.837. The van der Waals surface area contributed by atoms with Crippen molar-refractivity contribution in [1.82, 2.24) is 4.98 Å². The van der Waals surface area contributed by atoms with Crippen LogP contribution in [0.2, 0.25) is 0 Å². The molecule has 2 atom stereocenters. The molecule has 0 spiro atoms. The Bertz CT molecular complexity index is 499. The lowest BCUT2D eigenvalue weighted by Crippen LogP contribution is -2.43. The molecule has 1 fully saturated rings. The van der Waals surface area contributed by atoms with Gasteiger partial charge in [0.1, 0.15) is 6.26 Å². The fraction of sp³-hybridized carbons (Fsp3) is 0.615. The van der Waals surface area contributed by atoms with Gasteiger partial charge in [0.2, 0.25) is 0 Å². The van der Waals surface area contributed by atoms with Gasteiger partial charge in [-0.1, -0.05) is 0 Å². The molecule has 1 aliphatic rings. The van der Waals surface area contributed by atoms with E-state index in [0.717, 1.165) is 0 Å². The summed E-state index contributed by atoms with van der Waals surface area (Å²) in [4.78, 5) is 28.5. The first-order valence-corrected chi connectivity index (χ1v) is 6.65. The number of ether oxygens (including phenoxy) is 1. The van der Waals surface area contributed by atoms with Crippen LogP contribution in [-0.4, -0.2) is 41.2 Å². The highest BCUT2D eigenvalue weighted by molar-refractivity contribution is 5.87. The van der Waals surface area contributed by atoms with Crippen molar-refractivity contribution in [3.05, 3.63) is 12.0 Å². The molecule has 2 heterocycles. The summed E-state index contributed by atoms with van der Waals surface area (Å²) in [6.07, 6.45) is 2.34. The van der Waals surface area contributed by atoms with Crippen LogP contribution in [-0.2, 0) is 9.53 Å². The van der Waals surface area contributed by atoms with E-state index in [9.17, 15) is 9.59 Å². The number of rotatable bonds is 4. The summed E-state index contributed by atoms with van der Waals surface area (Å²) in [5.74, 6) is -1.62. The lowest BCUT2D eigenvalue weighted by atomic mass is 9.92. The Morgan fingerprint density at radius 2 is 2.35 bits per heavy atom. The van der Waals surface area contributed by atoms with E-state index < -0.39 is 11.9 Å². The molecule has 1 aromatic rings. The molecule has 1 N–H and O–H groups in total. The van der Waals surface area contributed by atoms with Crippen LogP contribution < -0.4 is 4.90 Å². The summed E-state index contributed by atoms with van der Waals surface area (Å²) in [6, 6.07) is 0.336. The lowest BCUT2D eigenvalue weighted by Gasteiger charge is -2.34. The average molecular weight is 282 g/mol. The fourth-order valence-corrected chi connectivity index (χ4v) is 2.38. The van der Waals surface area contributed by atoms with Crippen molar-refractivity contribution in [2.75, 3.05) is 18.1 Å². The Kier molecular flexibility index (Phi) is 4.26. The third kappa shape index (κ3) is 2.92. The minimum atomic E-state index is -0.767. The summed E-state index contributed by atoms with van der Waals surface area (Å²) < 4.78 is 10.2. The van der Waals surface area contributed by atoms with E-state index in [1.165, 1.54) is 6.26 Å². The van der Waals surface area contributed by atoms with Gasteiger partial charge in [0, 0.05) is 12.6 Å². The number of carboxylic acids is 1. The second kappa shape index (κ2) is 5.94. The number of nitrogens with zero attached hydrogens (tertiary/aromatic N) is 2. The molecule has 110 valence electrons. The lowest BCUT2D eigenvalue weighted by molar-refractivity contribution is -0.142. The van der Waals surface area contributed by atoms with Crippen molar-refractivity contribution in [3.8, 4) is 0 Å². The average Bonchev–Trinajstić information content (AvgIpc) is 2.88. The number of carbonyl (C=O) groups is 2. The zero-order valence-electron chi connectivity index (χ0n) is 11.5. The molecule has 0 aromatic carbocycles. The van der Waals surface area contributed by atoms with Gasteiger partial charge in [0.25, 0.3) is 6.01 Å². The van der Waals surface area contributed by atoms with Crippen molar-refractivity contribution in [3.63, 3.8) is 0 Å². The van der Waals surface area contributed by atoms with Crippen LogP contribution in [0.5, 0.6) is 0 Å². The first-order valence-electron chi connectivity index (χ1n) is 6.65. The van der Waals surface area contributed by atoms with E-state index in [1.807, 2.05) is 11.8 Å². The van der Waals surface area contributed by atoms with Crippen LogP contribution in [0.1, 0.15) is 37.2 Å². The highest BCUT2D eigenvalue weighted by Gasteiger charge is 2.32. The van der Waals surface area contributed by atoms with Crippen molar-refractivity contribution in [2.24, 2.45) is 5.92 Å². The number of hydrogen-bond acceptors (Lipinski definition) is 6. The third-order valence-electron chi connectivity index (χ3n) is 3.45. The highest BCUT2D eigenvalue weighted by Crippen LogP contribution is 2.27. The number of carbonyl (C=O) groups excluding carboxylic acids is 1. The minimum Gasteiger partial charge on any atom is -0.481 e. The maximum Gasteiger partial charge on any atom is 0.360 e. The van der Waals surface area contributed by atoms with E-state index in [0.29, 0.717) is 25.4 Å². The molecule has 0 saturated carbocycles. The smallest absolute Gasteiger partial charge is 0.360 e. The third-order valence-corrected chi connectivity index (χ3v) is 3.45. The normalized spacial score (nSPS) is 22.6. The summed E-state index contributed by atoms with van der Waals surface area (Å²) in [5, 5.41) is 9.03. The maximum absolute atomic E-state index is 11.5. The molecule has 20 heavy (non-hydrogen) atoms. The first-order chi connectivity index (χ1) is 9.52. The summed E-state index contributed by atoms with van der Waals surface area (Å²) in [6.45, 7) is 4.46. The van der Waals surface area contributed by atoms with Gasteiger partial charge in [-0.15, -0.1) is 0 Å². The zero-order valence-corrected chi connectivity index (χ0v) is 11.5. The molecule has 2 unspecified atom stereocenters. The number of anilines is 1. The van der Waals surface area contributed by atoms with E-state index in [1.54, 1.807) is 6.92 Å². The highest BCUT2D eigenvalue weighted by atomic mass is 16.5. The monoisotopic (exact) mass is 282 g/mol. The molecule has 0 aliphatic carbocycles. The van der Waals surface area contributed by atoms with Crippen LogP contribution in [0.3, 0.4) is 0 Å². The van der Waals surface area contributed by atoms with Crippen LogP contribution in [0.15, 0.2) is 10.7 Å². The van der Waals surface area contributed by atoms with Crippen LogP contribution in [0.25, 0.3) is 0 Å². The van der Waals surface area contributed by atoms with Gasteiger partial charge in [-0.05, 0) is 26.7 Å². The van der Waals surface area contributed by atoms with E-state index in [4.69, 9.17) is 14.3 Å². The molecule has 1 aromatic heterocycles. The molecule has 1 saturated heterocycles. The number of esters is 1. The Hall–Kier alpha value is -2.05. The van der Waals surface area contributed by atoms with Gasteiger partial charge in [-0.2, -0.15) is 4.98 Å². The van der Waals surface area contributed by atoms with Gasteiger partial charge in [0.05, 0.1) is 12.5 Å². The van der Waals surface area contributed by atoms with E-state index >= 15 is 0 Å². The van der Waals surface area contributed by atoms with Gasteiger partial charge in [-0.25, -0.2) is 4.79 Å². The summed E-state index contributed by atoms with van der Waals surface area (Å²) in [7, 11) is 0. The van der Waals surface area contributed by atoms with Crippen LogP contribution >= 0.6 is 0 Å². The second-order valence-corrected chi connectivity index (χ2v) is 4.84. The first kappa shape index (κ1) is 14.4. The zero-order chi connectivity index (χ0) is 14.7. The molecule has 0 radical (unpaired) electrons. The van der Waals surface area contributed by atoms with Crippen molar-refractivity contribution >= 4 is 18.0 Å². The largest absolute Gasteiger partial charge is 0.481 e. The molecular weight excluding hydrogens is 264 g/mol. The maximum atomic E-state index is 11.5. The summed E-state index contributed by atoms with van der Waals surface area (Å²) in [5.41, 5.74) is 0.134. The molecule has 7 heteroatoms. The molecule has 7 nitrogen and oxygen atoms in total. The number of aliphatic carboxylic acids is 1. The van der Waals surface area contributed by atoms with Gasteiger partial charge >= 0.3 is 11.9 Å². The molecule has 2 rings (SSSR count). The Morgan fingerprint density at radius 3 is 2.95 bits per heavy atom. The minimum absolute atomic E-state index is 0.00135. The van der Waals surface area contributed by atoms with Crippen LogP contribution in [0, 0.1) is 5.92 Å². The van der Waals surface area contributed by atoms with Gasteiger partial charge in [-0.3, -0.25) is 4.79 Å². The predicted octanol–water partition coefficient (Wildman–Crippen LogP) is 1.54. The number of carboxylic acid groups (broad SMARTS) is 1. The molecule has 0 amide bonds. The van der Waals surface area contributed by atoms with Gasteiger partial charge in [0.15, 0.2) is 5.69 Å². The van der Waals surface area contributed by atoms with Gasteiger partial charge < -0.3 is 19.2 Å². The standard InChI is InChI=1S/C13H18N2O5/c1-3-19-12(18)10-7-20-13(14-10)15-5-4-9(11(16)17)6-8(15)2/h7-9H,3-6H2,1-2H3,(H,16,17). The predicted molar refractivity (Wildman–Crippen MR) is 69.6 cm³/mol. The number of hydrogen-bond donors (Lipinski definition) is 1. The second-order valence-electron chi connectivity index (χ2n) is 4.84. The molecule has 0 bridgehead atoms. The SMILES string of the molecule is CCOC(=O)c1coc(N2CCC(C(=O)O)CC2C)n1. The fourth-order valence-electron chi connectivity index (χ4n) is 2.38. The number of piperidine rings is 1. The number of oxazole rings is 1. The van der Waals surface area contributed by atoms with Crippen molar-refractivity contribution < 1.29 is 23.8 Å². The van der Waals surface area contributed by atoms with E-state index in [-0.39, 0.29) is 24.3 Å². The summed E-state index contributed by atoms with van der Waals surface area (Å²) >= 11 is 0. The Labute approximate surface area is 116 Å². The Morgan fingerprint density at radius 1 is 1.60 bits per heavy atom. The van der Waals surface area contributed by atoms with Crippen molar-refractivity contribution in [2.45, 2.75) is 32.7 Å².